The Balaban J connectivity index is 1.73. The van der Waals surface area contributed by atoms with Gasteiger partial charge in [0.25, 0.3) is 5.91 Å². The van der Waals surface area contributed by atoms with Gasteiger partial charge in [-0.15, -0.1) is 0 Å². The first-order valence-electron chi connectivity index (χ1n) is 8.65. The van der Waals surface area contributed by atoms with Gasteiger partial charge >= 0.3 is 0 Å². The first-order valence-corrected chi connectivity index (χ1v) is 8.65. The molecule has 2 aliphatic heterocycles. The third kappa shape index (κ3) is 3.50. The number of nitrogens with zero attached hydrogens (tertiary/aromatic N) is 2. The summed E-state index contributed by atoms with van der Waals surface area (Å²) in [5.41, 5.74) is 7.04. The maximum atomic E-state index is 14.4. The van der Waals surface area contributed by atoms with Crippen molar-refractivity contribution >= 4 is 11.6 Å². The van der Waals surface area contributed by atoms with Crippen molar-refractivity contribution < 1.29 is 9.18 Å². The number of anilines is 1. The van der Waals surface area contributed by atoms with E-state index in [0.29, 0.717) is 23.7 Å². The van der Waals surface area contributed by atoms with Gasteiger partial charge < -0.3 is 15.5 Å². The minimum absolute atomic E-state index is 0.0813. The molecular formula is C18H26FN3O. The first kappa shape index (κ1) is 16.2. The molecule has 23 heavy (non-hydrogen) atoms. The highest BCUT2D eigenvalue weighted by Crippen LogP contribution is 2.26. The van der Waals surface area contributed by atoms with Crippen LogP contribution in [-0.4, -0.2) is 43.0 Å². The van der Waals surface area contributed by atoms with Gasteiger partial charge in [0, 0.05) is 37.8 Å². The summed E-state index contributed by atoms with van der Waals surface area (Å²) < 4.78 is 14.4. The molecule has 0 unspecified atom stereocenters. The summed E-state index contributed by atoms with van der Waals surface area (Å²) in [5.74, 6) is -0.0397. The van der Waals surface area contributed by atoms with Gasteiger partial charge in [-0.05, 0) is 56.7 Å². The van der Waals surface area contributed by atoms with Crippen LogP contribution >= 0.6 is 0 Å². The smallest absolute Gasteiger partial charge is 0.253 e. The Labute approximate surface area is 137 Å². The lowest BCUT2D eigenvalue weighted by molar-refractivity contribution is 0.0660. The molecule has 1 aromatic carbocycles. The molecule has 126 valence electrons. The molecule has 2 aliphatic rings. The molecule has 0 bridgehead atoms. The topological polar surface area (TPSA) is 49.6 Å². The standard InChI is InChI=1S/C18H26FN3O/c1-13(20)15-5-4-10-22(12-15)18(23)14-6-7-17(16(19)11-14)21-8-2-3-9-21/h6-7,11,13,15H,2-5,8-10,12,20H2,1H3/t13-,15-/m1/s1. The summed E-state index contributed by atoms with van der Waals surface area (Å²) >= 11 is 0. The third-order valence-electron chi connectivity index (χ3n) is 5.13. The van der Waals surface area contributed by atoms with Gasteiger partial charge in [0.05, 0.1) is 5.69 Å². The molecule has 0 radical (unpaired) electrons. The van der Waals surface area contributed by atoms with E-state index in [2.05, 4.69) is 4.90 Å². The van der Waals surface area contributed by atoms with Crippen molar-refractivity contribution in [1.82, 2.24) is 4.90 Å². The Hall–Kier alpha value is -1.62. The van der Waals surface area contributed by atoms with Crippen LogP contribution in [0.25, 0.3) is 0 Å². The molecule has 2 N–H and O–H groups in total. The lowest BCUT2D eigenvalue weighted by atomic mass is 9.92. The summed E-state index contributed by atoms with van der Waals surface area (Å²) in [6, 6.07) is 4.99. The van der Waals surface area contributed by atoms with E-state index in [1.807, 2.05) is 11.8 Å². The van der Waals surface area contributed by atoms with Gasteiger partial charge in [-0.1, -0.05) is 0 Å². The fraction of sp³-hybridized carbons (Fsp3) is 0.611. The number of hydrogen-bond acceptors (Lipinski definition) is 3. The summed E-state index contributed by atoms with van der Waals surface area (Å²) in [5, 5.41) is 0. The van der Waals surface area contributed by atoms with Crippen LogP contribution in [0.15, 0.2) is 18.2 Å². The van der Waals surface area contributed by atoms with E-state index >= 15 is 0 Å². The number of nitrogens with two attached hydrogens (primary N) is 1. The SMILES string of the molecule is C[C@@H](N)[C@@H]1CCCN(C(=O)c2ccc(N3CCCC3)c(F)c2)C1. The van der Waals surface area contributed by atoms with E-state index in [1.165, 1.54) is 6.07 Å². The Morgan fingerprint density at radius 3 is 2.65 bits per heavy atom. The Kier molecular flexibility index (Phi) is 4.85. The zero-order chi connectivity index (χ0) is 16.4. The van der Waals surface area contributed by atoms with Gasteiger partial charge in [0.15, 0.2) is 0 Å². The Bertz CT molecular complexity index is 569. The molecule has 1 amide bonds. The Morgan fingerprint density at radius 1 is 1.26 bits per heavy atom. The number of amides is 1. The monoisotopic (exact) mass is 319 g/mol. The normalized spacial score (nSPS) is 23.2. The van der Waals surface area contributed by atoms with Crippen LogP contribution in [0.2, 0.25) is 0 Å². The fourth-order valence-corrected chi connectivity index (χ4v) is 3.66. The predicted molar refractivity (Wildman–Crippen MR) is 90.1 cm³/mol. The third-order valence-corrected chi connectivity index (χ3v) is 5.13. The summed E-state index contributed by atoms with van der Waals surface area (Å²) in [6.45, 7) is 5.19. The van der Waals surface area contributed by atoms with Crippen LogP contribution in [0.4, 0.5) is 10.1 Å². The molecule has 2 saturated heterocycles. The number of likely N-dealkylation sites (tertiary alicyclic amines) is 1. The van der Waals surface area contributed by atoms with Gasteiger partial charge in [0.1, 0.15) is 5.82 Å². The molecule has 4 nitrogen and oxygen atoms in total. The maximum absolute atomic E-state index is 14.4. The molecule has 0 spiro atoms. The first-order chi connectivity index (χ1) is 11.1. The average molecular weight is 319 g/mol. The minimum Gasteiger partial charge on any atom is -0.369 e. The lowest BCUT2D eigenvalue weighted by Crippen LogP contribution is -2.45. The predicted octanol–water partition coefficient (Wildman–Crippen LogP) is 2.63. The van der Waals surface area contributed by atoms with Gasteiger partial charge in [-0.2, -0.15) is 0 Å². The highest BCUT2D eigenvalue weighted by atomic mass is 19.1. The highest BCUT2D eigenvalue weighted by Gasteiger charge is 2.27. The summed E-state index contributed by atoms with van der Waals surface area (Å²) in [4.78, 5) is 16.5. The number of piperidine rings is 1. The van der Waals surface area contributed by atoms with Crippen LogP contribution < -0.4 is 10.6 Å². The minimum atomic E-state index is -0.293. The van der Waals surface area contributed by atoms with Crippen LogP contribution in [0, 0.1) is 11.7 Å². The molecule has 1 aromatic rings. The lowest BCUT2D eigenvalue weighted by Gasteiger charge is -2.34. The van der Waals surface area contributed by atoms with E-state index in [4.69, 9.17) is 5.73 Å². The Morgan fingerprint density at radius 2 is 2.00 bits per heavy atom. The van der Waals surface area contributed by atoms with Crippen molar-refractivity contribution in [3.63, 3.8) is 0 Å². The van der Waals surface area contributed by atoms with Gasteiger partial charge in [0.2, 0.25) is 0 Å². The van der Waals surface area contributed by atoms with Gasteiger partial charge in [-0.3, -0.25) is 4.79 Å². The van der Waals surface area contributed by atoms with Crippen LogP contribution in [0.3, 0.4) is 0 Å². The van der Waals surface area contributed by atoms with Crippen molar-refractivity contribution in [2.45, 2.75) is 38.6 Å². The molecule has 0 aromatic heterocycles. The van der Waals surface area contributed by atoms with Crippen molar-refractivity contribution in [2.24, 2.45) is 11.7 Å². The molecule has 5 heteroatoms. The second-order valence-electron chi connectivity index (χ2n) is 6.87. The zero-order valence-electron chi connectivity index (χ0n) is 13.8. The van der Waals surface area contributed by atoms with Crippen molar-refractivity contribution in [2.75, 3.05) is 31.1 Å². The van der Waals surface area contributed by atoms with Gasteiger partial charge in [-0.25, -0.2) is 4.39 Å². The van der Waals surface area contributed by atoms with Crippen molar-refractivity contribution in [3.8, 4) is 0 Å². The fourth-order valence-electron chi connectivity index (χ4n) is 3.66. The summed E-state index contributed by atoms with van der Waals surface area (Å²) in [7, 11) is 0. The van der Waals surface area contributed by atoms with Crippen LogP contribution in [0.5, 0.6) is 0 Å². The van der Waals surface area contributed by atoms with E-state index < -0.39 is 0 Å². The molecule has 2 heterocycles. The van der Waals surface area contributed by atoms with E-state index in [1.54, 1.807) is 12.1 Å². The second-order valence-corrected chi connectivity index (χ2v) is 6.87. The summed E-state index contributed by atoms with van der Waals surface area (Å²) in [6.07, 6.45) is 4.23. The zero-order valence-corrected chi connectivity index (χ0v) is 13.8. The molecule has 0 saturated carbocycles. The number of carbonyl (C=O) groups excluding carboxylic acids is 1. The van der Waals surface area contributed by atoms with Crippen LogP contribution in [-0.2, 0) is 0 Å². The highest BCUT2D eigenvalue weighted by molar-refractivity contribution is 5.94. The molecule has 2 atom stereocenters. The van der Waals surface area contributed by atoms with E-state index in [9.17, 15) is 9.18 Å². The number of rotatable bonds is 3. The molecule has 0 aliphatic carbocycles. The second kappa shape index (κ2) is 6.87. The van der Waals surface area contributed by atoms with Crippen molar-refractivity contribution in [1.29, 1.82) is 0 Å². The van der Waals surface area contributed by atoms with E-state index in [0.717, 1.165) is 45.3 Å². The molecule has 3 rings (SSSR count). The number of benzene rings is 1. The van der Waals surface area contributed by atoms with Crippen molar-refractivity contribution in [3.05, 3.63) is 29.6 Å². The molecular weight excluding hydrogens is 293 g/mol. The molecule has 2 fully saturated rings. The van der Waals surface area contributed by atoms with E-state index in [-0.39, 0.29) is 17.8 Å². The largest absolute Gasteiger partial charge is 0.369 e. The average Bonchev–Trinajstić information content (AvgIpc) is 3.08. The van der Waals surface area contributed by atoms with Crippen LogP contribution in [0.1, 0.15) is 43.0 Å². The number of hydrogen-bond donors (Lipinski definition) is 1. The number of carbonyl (C=O) groups is 1. The number of halogens is 1. The maximum Gasteiger partial charge on any atom is 0.253 e. The quantitative estimate of drug-likeness (QED) is 0.932.